The molecular formula is C14H15ClN4O. The number of nitrogens with zero attached hydrogens (tertiary/aromatic N) is 2. The Labute approximate surface area is 121 Å². The number of rotatable bonds is 2. The van der Waals surface area contributed by atoms with E-state index in [4.69, 9.17) is 17.3 Å². The van der Waals surface area contributed by atoms with Crippen LogP contribution in [0, 0.1) is 0 Å². The van der Waals surface area contributed by atoms with Crippen LogP contribution in [0.4, 0.5) is 0 Å². The first-order chi connectivity index (χ1) is 9.63. The zero-order chi connectivity index (χ0) is 14.1. The van der Waals surface area contributed by atoms with E-state index in [0.29, 0.717) is 23.8 Å². The summed E-state index contributed by atoms with van der Waals surface area (Å²) < 4.78 is 0. The number of likely N-dealkylation sites (tertiary alicyclic amines) is 1. The van der Waals surface area contributed by atoms with Gasteiger partial charge in [0.2, 0.25) is 0 Å². The van der Waals surface area contributed by atoms with Crippen LogP contribution in [-0.4, -0.2) is 40.1 Å². The Bertz CT molecular complexity index is 622. The quantitative estimate of drug-likeness (QED) is 0.887. The number of halogens is 1. The lowest BCUT2D eigenvalue weighted by atomic mass is 10.1. The average molecular weight is 291 g/mol. The molecule has 1 saturated heterocycles. The van der Waals surface area contributed by atoms with E-state index in [2.05, 4.69) is 10.2 Å². The van der Waals surface area contributed by atoms with Gasteiger partial charge in [0, 0.05) is 29.7 Å². The molecule has 6 heteroatoms. The number of carbonyl (C=O) groups excluding carboxylic acids is 1. The summed E-state index contributed by atoms with van der Waals surface area (Å²) in [6, 6.07) is 9.18. The van der Waals surface area contributed by atoms with E-state index < -0.39 is 0 Å². The Morgan fingerprint density at radius 2 is 2.15 bits per heavy atom. The molecule has 0 radical (unpaired) electrons. The second-order valence-electron chi connectivity index (χ2n) is 4.97. The SMILES string of the molecule is N[C@@H]1CCN(C(=O)c2cc(-c3ccc(Cl)cc3)n[nH]2)C1. The third-order valence-corrected chi connectivity index (χ3v) is 3.71. The highest BCUT2D eigenvalue weighted by Crippen LogP contribution is 2.21. The van der Waals surface area contributed by atoms with Crippen molar-refractivity contribution in [3.05, 3.63) is 41.0 Å². The van der Waals surface area contributed by atoms with Crippen molar-refractivity contribution in [1.29, 1.82) is 0 Å². The maximum Gasteiger partial charge on any atom is 0.271 e. The van der Waals surface area contributed by atoms with Crippen molar-refractivity contribution >= 4 is 17.5 Å². The first-order valence-corrected chi connectivity index (χ1v) is 6.87. The van der Waals surface area contributed by atoms with Gasteiger partial charge < -0.3 is 10.6 Å². The Balaban J connectivity index is 1.79. The monoisotopic (exact) mass is 290 g/mol. The third kappa shape index (κ3) is 2.55. The van der Waals surface area contributed by atoms with Crippen LogP contribution in [0.3, 0.4) is 0 Å². The molecule has 1 aliphatic rings. The Morgan fingerprint density at radius 1 is 1.40 bits per heavy atom. The van der Waals surface area contributed by atoms with Crippen LogP contribution in [0.2, 0.25) is 5.02 Å². The number of amides is 1. The van der Waals surface area contributed by atoms with Crippen LogP contribution < -0.4 is 5.73 Å². The largest absolute Gasteiger partial charge is 0.336 e. The lowest BCUT2D eigenvalue weighted by Gasteiger charge is -2.13. The van der Waals surface area contributed by atoms with Gasteiger partial charge in [-0.3, -0.25) is 9.89 Å². The number of carbonyl (C=O) groups is 1. The van der Waals surface area contributed by atoms with Gasteiger partial charge in [-0.2, -0.15) is 5.10 Å². The van der Waals surface area contributed by atoms with Crippen molar-refractivity contribution in [2.45, 2.75) is 12.5 Å². The minimum atomic E-state index is -0.0503. The highest BCUT2D eigenvalue weighted by atomic mass is 35.5. The average Bonchev–Trinajstić information content (AvgIpc) is 3.08. The van der Waals surface area contributed by atoms with E-state index in [-0.39, 0.29) is 11.9 Å². The number of hydrogen-bond donors (Lipinski definition) is 2. The Hall–Kier alpha value is -1.85. The van der Waals surface area contributed by atoms with E-state index >= 15 is 0 Å². The van der Waals surface area contributed by atoms with Crippen molar-refractivity contribution in [3.63, 3.8) is 0 Å². The molecule has 3 N–H and O–H groups in total. The second-order valence-corrected chi connectivity index (χ2v) is 5.41. The fourth-order valence-corrected chi connectivity index (χ4v) is 2.47. The van der Waals surface area contributed by atoms with E-state index in [1.165, 1.54) is 0 Å². The van der Waals surface area contributed by atoms with Crippen LogP contribution in [0.25, 0.3) is 11.3 Å². The molecule has 0 bridgehead atoms. The first-order valence-electron chi connectivity index (χ1n) is 6.49. The van der Waals surface area contributed by atoms with Crippen LogP contribution in [0.15, 0.2) is 30.3 Å². The zero-order valence-electron chi connectivity index (χ0n) is 10.8. The van der Waals surface area contributed by atoms with Crippen molar-refractivity contribution in [1.82, 2.24) is 15.1 Å². The number of nitrogens with one attached hydrogen (secondary N) is 1. The fraction of sp³-hybridized carbons (Fsp3) is 0.286. The molecule has 0 saturated carbocycles. The number of H-pyrrole nitrogens is 1. The lowest BCUT2D eigenvalue weighted by molar-refractivity contribution is 0.0785. The molecule has 0 aliphatic carbocycles. The first kappa shape index (κ1) is 13.1. The molecule has 5 nitrogen and oxygen atoms in total. The highest BCUT2D eigenvalue weighted by Gasteiger charge is 2.25. The maximum atomic E-state index is 12.3. The van der Waals surface area contributed by atoms with Gasteiger partial charge in [0.25, 0.3) is 5.91 Å². The molecule has 1 atom stereocenters. The number of nitrogens with two attached hydrogens (primary N) is 1. The number of aromatic nitrogens is 2. The molecule has 1 amide bonds. The number of hydrogen-bond acceptors (Lipinski definition) is 3. The molecule has 1 aliphatic heterocycles. The van der Waals surface area contributed by atoms with E-state index in [0.717, 1.165) is 17.7 Å². The predicted molar refractivity (Wildman–Crippen MR) is 77.5 cm³/mol. The molecule has 1 aromatic heterocycles. The minimum Gasteiger partial charge on any atom is -0.336 e. The molecular weight excluding hydrogens is 276 g/mol. The summed E-state index contributed by atoms with van der Waals surface area (Å²) in [6.07, 6.45) is 0.851. The van der Waals surface area contributed by atoms with Gasteiger partial charge in [0.1, 0.15) is 5.69 Å². The highest BCUT2D eigenvalue weighted by molar-refractivity contribution is 6.30. The Kier molecular flexibility index (Phi) is 3.46. The van der Waals surface area contributed by atoms with Gasteiger partial charge in [0.15, 0.2) is 0 Å². The summed E-state index contributed by atoms with van der Waals surface area (Å²) in [5, 5.41) is 7.65. The van der Waals surface area contributed by atoms with Gasteiger partial charge in [-0.1, -0.05) is 23.7 Å². The molecule has 0 unspecified atom stereocenters. The van der Waals surface area contributed by atoms with Gasteiger partial charge in [0.05, 0.1) is 5.69 Å². The molecule has 20 heavy (non-hydrogen) atoms. The standard InChI is InChI=1S/C14H15ClN4O/c15-10-3-1-9(2-4-10)12-7-13(18-17-12)14(20)19-6-5-11(16)8-19/h1-4,7,11H,5-6,8,16H2,(H,17,18)/t11-/m1/s1. The summed E-state index contributed by atoms with van der Waals surface area (Å²) in [5.74, 6) is -0.0503. The van der Waals surface area contributed by atoms with Crippen LogP contribution >= 0.6 is 11.6 Å². The van der Waals surface area contributed by atoms with Gasteiger partial charge in [-0.25, -0.2) is 0 Å². The summed E-state index contributed by atoms with van der Waals surface area (Å²) in [6.45, 7) is 1.31. The van der Waals surface area contributed by atoms with E-state index in [9.17, 15) is 4.79 Å². The summed E-state index contributed by atoms with van der Waals surface area (Å²) in [4.78, 5) is 14.0. The van der Waals surface area contributed by atoms with E-state index in [1.54, 1.807) is 23.1 Å². The van der Waals surface area contributed by atoms with Crippen molar-refractivity contribution in [3.8, 4) is 11.3 Å². The molecule has 2 aromatic rings. The zero-order valence-corrected chi connectivity index (χ0v) is 11.6. The Morgan fingerprint density at radius 3 is 2.80 bits per heavy atom. The van der Waals surface area contributed by atoms with Gasteiger partial charge in [-0.15, -0.1) is 0 Å². The topological polar surface area (TPSA) is 75.0 Å². The van der Waals surface area contributed by atoms with Gasteiger partial charge in [-0.05, 0) is 24.6 Å². The van der Waals surface area contributed by atoms with Crippen molar-refractivity contribution in [2.75, 3.05) is 13.1 Å². The van der Waals surface area contributed by atoms with Crippen molar-refractivity contribution in [2.24, 2.45) is 5.73 Å². The summed E-state index contributed by atoms with van der Waals surface area (Å²) >= 11 is 5.85. The van der Waals surface area contributed by atoms with Crippen LogP contribution in [0.1, 0.15) is 16.9 Å². The molecule has 1 fully saturated rings. The molecule has 0 spiro atoms. The molecule has 1 aromatic carbocycles. The van der Waals surface area contributed by atoms with Crippen LogP contribution in [-0.2, 0) is 0 Å². The summed E-state index contributed by atoms with van der Waals surface area (Å²) in [5.41, 5.74) is 7.96. The molecule has 104 valence electrons. The van der Waals surface area contributed by atoms with Crippen LogP contribution in [0.5, 0.6) is 0 Å². The maximum absolute atomic E-state index is 12.3. The lowest BCUT2D eigenvalue weighted by Crippen LogP contribution is -2.32. The second kappa shape index (κ2) is 5.26. The van der Waals surface area contributed by atoms with Gasteiger partial charge >= 0.3 is 0 Å². The smallest absolute Gasteiger partial charge is 0.271 e. The number of aromatic amines is 1. The molecule has 3 rings (SSSR count). The minimum absolute atomic E-state index is 0.0503. The molecule has 2 heterocycles. The summed E-state index contributed by atoms with van der Waals surface area (Å²) in [7, 11) is 0. The normalized spacial score (nSPS) is 18.5. The fourth-order valence-electron chi connectivity index (χ4n) is 2.34. The predicted octanol–water partition coefficient (Wildman–Crippen LogP) is 1.90. The van der Waals surface area contributed by atoms with E-state index in [1.807, 2.05) is 12.1 Å². The van der Waals surface area contributed by atoms with Crippen molar-refractivity contribution < 1.29 is 4.79 Å². The number of benzene rings is 1. The third-order valence-electron chi connectivity index (χ3n) is 3.46.